The minimum atomic E-state index is -0.767. The zero-order chi connectivity index (χ0) is 54.3. The first-order valence-electron chi connectivity index (χ1n) is 33.8. The van der Waals surface area contributed by atoms with Crippen LogP contribution >= 0.6 is 0 Å². The van der Waals surface area contributed by atoms with E-state index in [4.69, 9.17) is 14.2 Å². The summed E-state index contributed by atoms with van der Waals surface area (Å²) in [6, 6.07) is 0. The van der Waals surface area contributed by atoms with Crippen molar-refractivity contribution in [3.63, 3.8) is 0 Å². The topological polar surface area (TPSA) is 78.9 Å². The van der Waals surface area contributed by atoms with Crippen molar-refractivity contribution in [2.24, 2.45) is 0 Å². The van der Waals surface area contributed by atoms with E-state index in [0.29, 0.717) is 19.3 Å². The number of unbranched alkanes of at least 4 members (excludes halogenated alkanes) is 48. The van der Waals surface area contributed by atoms with Crippen LogP contribution in [0.3, 0.4) is 0 Å². The molecule has 0 radical (unpaired) electrons. The van der Waals surface area contributed by atoms with Crippen LogP contribution < -0.4 is 0 Å². The van der Waals surface area contributed by atoms with E-state index in [1.807, 2.05) is 0 Å². The van der Waals surface area contributed by atoms with Gasteiger partial charge in [-0.2, -0.15) is 0 Å². The van der Waals surface area contributed by atoms with E-state index in [2.05, 4.69) is 45.1 Å². The average molecular weight is 1060 g/mol. The Kier molecular flexibility index (Phi) is 62.6. The highest BCUT2D eigenvalue weighted by molar-refractivity contribution is 5.71. The number of allylic oxidation sites excluding steroid dienone is 4. The van der Waals surface area contributed by atoms with Gasteiger partial charge in [0.25, 0.3) is 0 Å². The number of carbonyl (C=O) groups excluding carboxylic acids is 3. The SMILES string of the molecule is CCCCC/C=C\C/C=C\CCCCCCCCCCCC(=O)OC(COC(=O)CCCCCCC)COC(=O)CCCCCCCCCCCCCCCCCCCCCCCCCCCCCCCCCCC. The van der Waals surface area contributed by atoms with Crippen LogP contribution in [0.5, 0.6) is 0 Å². The van der Waals surface area contributed by atoms with E-state index >= 15 is 0 Å². The second kappa shape index (κ2) is 64.4. The van der Waals surface area contributed by atoms with Crippen molar-refractivity contribution in [3.8, 4) is 0 Å². The smallest absolute Gasteiger partial charge is 0.306 e. The first-order valence-corrected chi connectivity index (χ1v) is 33.8. The van der Waals surface area contributed by atoms with Crippen molar-refractivity contribution >= 4 is 17.9 Å². The second-order valence-corrected chi connectivity index (χ2v) is 23.1. The van der Waals surface area contributed by atoms with Gasteiger partial charge in [-0.3, -0.25) is 14.4 Å². The summed E-state index contributed by atoms with van der Waals surface area (Å²) in [4.78, 5) is 37.9. The second-order valence-electron chi connectivity index (χ2n) is 23.1. The zero-order valence-electron chi connectivity index (χ0n) is 50.8. The molecule has 0 spiro atoms. The molecule has 0 aliphatic heterocycles. The van der Waals surface area contributed by atoms with E-state index in [0.717, 1.165) is 70.6 Å². The van der Waals surface area contributed by atoms with E-state index in [9.17, 15) is 14.4 Å². The molecular weight excluding hydrogens is 925 g/mol. The summed E-state index contributed by atoms with van der Waals surface area (Å²) in [6.45, 7) is 6.59. The molecule has 0 heterocycles. The van der Waals surface area contributed by atoms with Crippen molar-refractivity contribution < 1.29 is 28.6 Å². The molecule has 0 N–H and O–H groups in total. The van der Waals surface area contributed by atoms with E-state index in [1.54, 1.807) is 0 Å². The van der Waals surface area contributed by atoms with Crippen LogP contribution in [-0.2, 0) is 28.6 Å². The molecule has 0 aromatic heterocycles. The molecule has 0 fully saturated rings. The van der Waals surface area contributed by atoms with Crippen LogP contribution in [0.25, 0.3) is 0 Å². The lowest BCUT2D eigenvalue weighted by Gasteiger charge is -2.18. The Hall–Kier alpha value is -2.11. The highest BCUT2D eigenvalue weighted by Crippen LogP contribution is 2.19. The summed E-state index contributed by atoms with van der Waals surface area (Å²) >= 11 is 0. The molecule has 0 saturated carbocycles. The summed E-state index contributed by atoms with van der Waals surface area (Å²) in [5.74, 6) is -0.865. The van der Waals surface area contributed by atoms with Crippen molar-refractivity contribution in [3.05, 3.63) is 24.3 Å². The van der Waals surface area contributed by atoms with Gasteiger partial charge in [-0.05, 0) is 51.4 Å². The Labute approximate surface area is 468 Å². The number of carbonyl (C=O) groups is 3. The summed E-state index contributed by atoms with van der Waals surface area (Å²) in [5.41, 5.74) is 0. The first kappa shape index (κ1) is 72.9. The molecule has 0 bridgehead atoms. The van der Waals surface area contributed by atoms with Gasteiger partial charge in [-0.25, -0.2) is 0 Å². The largest absolute Gasteiger partial charge is 0.462 e. The van der Waals surface area contributed by atoms with E-state index in [-0.39, 0.29) is 31.1 Å². The van der Waals surface area contributed by atoms with Gasteiger partial charge >= 0.3 is 17.9 Å². The Balaban J connectivity index is 3.87. The van der Waals surface area contributed by atoms with Gasteiger partial charge in [0, 0.05) is 19.3 Å². The van der Waals surface area contributed by atoms with Crippen LogP contribution in [0, 0.1) is 0 Å². The molecule has 0 aromatic carbocycles. The molecule has 6 heteroatoms. The Morgan fingerprint density at radius 2 is 0.480 bits per heavy atom. The van der Waals surface area contributed by atoms with Gasteiger partial charge < -0.3 is 14.2 Å². The fourth-order valence-electron chi connectivity index (χ4n) is 10.4. The van der Waals surface area contributed by atoms with Gasteiger partial charge in [-0.15, -0.1) is 0 Å². The maximum atomic E-state index is 12.8. The third-order valence-corrected chi connectivity index (χ3v) is 15.5. The van der Waals surface area contributed by atoms with Crippen molar-refractivity contribution in [1.82, 2.24) is 0 Å². The summed E-state index contributed by atoms with van der Waals surface area (Å²) in [6.07, 6.45) is 78.4. The molecule has 6 nitrogen and oxygen atoms in total. The lowest BCUT2D eigenvalue weighted by molar-refractivity contribution is -0.167. The van der Waals surface area contributed by atoms with Gasteiger partial charge in [0.05, 0.1) is 0 Å². The van der Waals surface area contributed by atoms with Crippen LogP contribution in [0.1, 0.15) is 380 Å². The van der Waals surface area contributed by atoms with Crippen LogP contribution in [0.4, 0.5) is 0 Å². The van der Waals surface area contributed by atoms with Crippen LogP contribution in [-0.4, -0.2) is 37.2 Å². The third-order valence-electron chi connectivity index (χ3n) is 15.5. The molecule has 442 valence electrons. The summed E-state index contributed by atoms with van der Waals surface area (Å²) in [5, 5.41) is 0. The number of ether oxygens (including phenoxy) is 3. The molecule has 75 heavy (non-hydrogen) atoms. The average Bonchev–Trinajstić information content (AvgIpc) is 3.41. The van der Waals surface area contributed by atoms with Crippen molar-refractivity contribution in [2.75, 3.05) is 13.2 Å². The van der Waals surface area contributed by atoms with Crippen LogP contribution in [0.15, 0.2) is 24.3 Å². The molecule has 1 unspecified atom stereocenters. The Morgan fingerprint density at radius 1 is 0.267 bits per heavy atom. The summed E-state index contributed by atoms with van der Waals surface area (Å²) in [7, 11) is 0. The number of hydrogen-bond donors (Lipinski definition) is 0. The van der Waals surface area contributed by atoms with Gasteiger partial charge in [0.1, 0.15) is 13.2 Å². The lowest BCUT2D eigenvalue weighted by atomic mass is 10.0. The van der Waals surface area contributed by atoms with E-state index in [1.165, 1.54) is 270 Å². The highest BCUT2D eigenvalue weighted by Gasteiger charge is 2.19. The first-order chi connectivity index (χ1) is 37.0. The highest BCUT2D eigenvalue weighted by atomic mass is 16.6. The lowest BCUT2D eigenvalue weighted by Crippen LogP contribution is -2.30. The Bertz CT molecular complexity index is 1210. The number of esters is 3. The predicted octanol–water partition coefficient (Wildman–Crippen LogP) is 23.0. The standard InChI is InChI=1S/C69H130O6/c1-4-7-10-13-15-17-19-21-23-25-27-28-29-30-31-32-33-34-35-36-37-38-39-40-42-43-45-47-49-51-53-56-59-62-68(71)74-65-66(64-73-67(70)61-58-55-12-9-6-3)75-69(72)63-60-57-54-52-50-48-46-44-41-26-24-22-20-18-16-14-11-8-5-2/h16,18,22,24,66H,4-15,17,19-21,23,25-65H2,1-3H3/b18-16-,24-22-. The fourth-order valence-corrected chi connectivity index (χ4v) is 10.4. The minimum absolute atomic E-state index is 0.0686. The minimum Gasteiger partial charge on any atom is -0.462 e. The molecule has 0 aliphatic carbocycles. The molecule has 0 rings (SSSR count). The molecular formula is C69H130O6. The summed E-state index contributed by atoms with van der Waals surface area (Å²) < 4.78 is 16.8. The van der Waals surface area contributed by atoms with Gasteiger partial charge in [0.2, 0.25) is 0 Å². The maximum absolute atomic E-state index is 12.8. The molecule has 0 saturated heterocycles. The quantitative estimate of drug-likeness (QED) is 0.0261. The number of rotatable bonds is 63. The maximum Gasteiger partial charge on any atom is 0.306 e. The van der Waals surface area contributed by atoms with Gasteiger partial charge in [-0.1, -0.05) is 334 Å². The normalized spacial score (nSPS) is 12.1. The monoisotopic (exact) mass is 1050 g/mol. The molecule has 0 aromatic rings. The molecule has 0 amide bonds. The molecule has 0 aliphatic rings. The Morgan fingerprint density at radius 3 is 0.760 bits per heavy atom. The molecule has 1 atom stereocenters. The zero-order valence-corrected chi connectivity index (χ0v) is 50.8. The van der Waals surface area contributed by atoms with Gasteiger partial charge in [0.15, 0.2) is 6.10 Å². The number of hydrogen-bond acceptors (Lipinski definition) is 6. The third kappa shape index (κ3) is 62.6. The van der Waals surface area contributed by atoms with E-state index < -0.39 is 6.10 Å². The predicted molar refractivity (Wildman–Crippen MR) is 326 cm³/mol. The fraction of sp³-hybridized carbons (Fsp3) is 0.899. The van der Waals surface area contributed by atoms with Crippen molar-refractivity contribution in [2.45, 2.75) is 386 Å². The van der Waals surface area contributed by atoms with Crippen molar-refractivity contribution in [1.29, 1.82) is 0 Å². The van der Waals surface area contributed by atoms with Crippen LogP contribution in [0.2, 0.25) is 0 Å².